The summed E-state index contributed by atoms with van der Waals surface area (Å²) in [5.74, 6) is 1.59. The van der Waals surface area contributed by atoms with Crippen LogP contribution in [-0.2, 0) is 9.59 Å². The fraction of sp³-hybridized carbons (Fsp3) is 0.667. The number of carbonyl (C=O) groups excluding carboxylic acids is 2. The Bertz CT molecular complexity index is 756. The molecular weight excluding hydrogens is 362 g/mol. The lowest BCUT2D eigenvalue weighted by Gasteiger charge is -2.38. The molecule has 3 saturated heterocycles. The molecule has 0 aliphatic carbocycles. The molecule has 5 nitrogen and oxygen atoms in total. The van der Waals surface area contributed by atoms with Crippen LogP contribution in [0.5, 0.6) is 0 Å². The van der Waals surface area contributed by atoms with Gasteiger partial charge in [-0.15, -0.1) is 0 Å². The van der Waals surface area contributed by atoms with E-state index in [2.05, 4.69) is 47.9 Å². The van der Waals surface area contributed by atoms with Crippen LogP contribution in [0.25, 0.3) is 0 Å². The van der Waals surface area contributed by atoms with E-state index in [0.717, 1.165) is 52.0 Å². The molecule has 0 unspecified atom stereocenters. The Morgan fingerprint density at radius 2 is 1.79 bits per heavy atom. The van der Waals surface area contributed by atoms with Crippen molar-refractivity contribution < 1.29 is 9.59 Å². The zero-order valence-corrected chi connectivity index (χ0v) is 18.1. The molecule has 3 atom stereocenters. The molecule has 1 aromatic carbocycles. The van der Waals surface area contributed by atoms with E-state index in [0.29, 0.717) is 30.2 Å². The minimum atomic E-state index is 0.200. The average Bonchev–Trinajstić information content (AvgIpc) is 3.27. The fourth-order valence-corrected chi connectivity index (χ4v) is 5.85. The van der Waals surface area contributed by atoms with Crippen molar-refractivity contribution in [2.75, 3.05) is 32.7 Å². The van der Waals surface area contributed by atoms with Crippen LogP contribution in [0.3, 0.4) is 0 Å². The van der Waals surface area contributed by atoms with Gasteiger partial charge in [0.1, 0.15) is 0 Å². The molecule has 2 amide bonds. The van der Waals surface area contributed by atoms with E-state index < -0.39 is 0 Å². The number of fused-ring (bicyclic) bond motifs is 1. The summed E-state index contributed by atoms with van der Waals surface area (Å²) >= 11 is 0. The smallest absolute Gasteiger partial charge is 0.223 e. The highest BCUT2D eigenvalue weighted by atomic mass is 16.2. The molecule has 0 N–H and O–H groups in total. The number of carbonyl (C=O) groups is 2. The molecule has 0 spiro atoms. The Morgan fingerprint density at radius 1 is 1.07 bits per heavy atom. The van der Waals surface area contributed by atoms with Gasteiger partial charge in [0.25, 0.3) is 0 Å². The van der Waals surface area contributed by atoms with Gasteiger partial charge in [-0.2, -0.15) is 0 Å². The Labute approximate surface area is 175 Å². The molecular formula is C24H35N3O2. The summed E-state index contributed by atoms with van der Waals surface area (Å²) < 4.78 is 0. The number of likely N-dealkylation sites (tertiary alicyclic amines) is 3. The van der Waals surface area contributed by atoms with Gasteiger partial charge >= 0.3 is 0 Å². The molecule has 0 bridgehead atoms. The molecule has 0 radical (unpaired) electrons. The number of rotatable bonds is 4. The first kappa shape index (κ1) is 20.4. The Morgan fingerprint density at radius 3 is 2.45 bits per heavy atom. The van der Waals surface area contributed by atoms with Gasteiger partial charge in [-0.3, -0.25) is 14.5 Å². The van der Waals surface area contributed by atoms with Gasteiger partial charge in [0.15, 0.2) is 0 Å². The molecule has 1 aromatic rings. The van der Waals surface area contributed by atoms with E-state index in [4.69, 9.17) is 0 Å². The predicted octanol–water partition coefficient (Wildman–Crippen LogP) is 3.24. The number of hydrogen-bond donors (Lipinski definition) is 0. The van der Waals surface area contributed by atoms with Crippen LogP contribution in [0, 0.1) is 18.8 Å². The Balaban J connectivity index is 1.51. The molecule has 3 heterocycles. The molecule has 3 fully saturated rings. The van der Waals surface area contributed by atoms with Gasteiger partial charge in [0.2, 0.25) is 11.8 Å². The second-order valence-electron chi connectivity index (χ2n) is 9.21. The summed E-state index contributed by atoms with van der Waals surface area (Å²) in [7, 11) is 0. The molecule has 158 valence electrons. The second-order valence-corrected chi connectivity index (χ2v) is 9.21. The van der Waals surface area contributed by atoms with Gasteiger partial charge in [0, 0.05) is 58.0 Å². The summed E-state index contributed by atoms with van der Waals surface area (Å²) in [6.45, 7) is 10.8. The maximum absolute atomic E-state index is 12.9. The number of aryl methyl sites for hydroxylation is 1. The van der Waals surface area contributed by atoms with E-state index in [9.17, 15) is 9.59 Å². The van der Waals surface area contributed by atoms with Crippen LogP contribution >= 0.6 is 0 Å². The molecule has 0 aromatic heterocycles. The van der Waals surface area contributed by atoms with Crippen molar-refractivity contribution in [3.05, 3.63) is 35.4 Å². The zero-order chi connectivity index (χ0) is 20.5. The van der Waals surface area contributed by atoms with Crippen LogP contribution in [0.15, 0.2) is 24.3 Å². The summed E-state index contributed by atoms with van der Waals surface area (Å²) in [4.78, 5) is 31.4. The first-order valence-electron chi connectivity index (χ1n) is 11.3. The third-order valence-corrected chi connectivity index (χ3v) is 7.41. The number of piperidine rings is 1. The van der Waals surface area contributed by atoms with Crippen molar-refractivity contribution in [1.29, 1.82) is 0 Å². The number of benzene rings is 1. The van der Waals surface area contributed by atoms with Gasteiger partial charge < -0.3 is 9.80 Å². The highest BCUT2D eigenvalue weighted by molar-refractivity contribution is 5.77. The number of nitrogens with zero attached hydrogens (tertiary/aromatic N) is 3. The van der Waals surface area contributed by atoms with E-state index in [-0.39, 0.29) is 11.9 Å². The second kappa shape index (κ2) is 8.47. The molecule has 5 heteroatoms. The molecule has 0 saturated carbocycles. The topological polar surface area (TPSA) is 43.9 Å². The normalized spacial score (nSPS) is 28.0. The van der Waals surface area contributed by atoms with Crippen LogP contribution in [0.2, 0.25) is 0 Å². The van der Waals surface area contributed by atoms with E-state index >= 15 is 0 Å². The lowest BCUT2D eigenvalue weighted by atomic mass is 9.87. The molecule has 3 aliphatic rings. The quantitative estimate of drug-likeness (QED) is 0.783. The molecule has 3 aliphatic heterocycles. The minimum Gasteiger partial charge on any atom is -0.343 e. The van der Waals surface area contributed by atoms with Gasteiger partial charge in [-0.05, 0) is 43.2 Å². The van der Waals surface area contributed by atoms with Crippen LogP contribution in [-0.4, -0.2) is 65.3 Å². The maximum Gasteiger partial charge on any atom is 0.223 e. The van der Waals surface area contributed by atoms with Gasteiger partial charge in [-0.1, -0.05) is 31.2 Å². The van der Waals surface area contributed by atoms with Crippen molar-refractivity contribution in [3.8, 4) is 0 Å². The molecule has 29 heavy (non-hydrogen) atoms. The monoisotopic (exact) mass is 397 g/mol. The highest BCUT2D eigenvalue weighted by Crippen LogP contribution is 2.47. The fourth-order valence-electron chi connectivity index (χ4n) is 5.85. The van der Waals surface area contributed by atoms with Crippen LogP contribution < -0.4 is 0 Å². The first-order chi connectivity index (χ1) is 14.0. The van der Waals surface area contributed by atoms with Crippen LogP contribution in [0.1, 0.15) is 56.7 Å². The van der Waals surface area contributed by atoms with Gasteiger partial charge in [-0.25, -0.2) is 0 Å². The summed E-state index contributed by atoms with van der Waals surface area (Å²) in [5, 5.41) is 0. The highest BCUT2D eigenvalue weighted by Gasteiger charge is 2.50. The van der Waals surface area contributed by atoms with Gasteiger partial charge in [0.05, 0.1) is 6.04 Å². The van der Waals surface area contributed by atoms with Crippen molar-refractivity contribution in [1.82, 2.24) is 14.7 Å². The van der Waals surface area contributed by atoms with Crippen molar-refractivity contribution in [2.24, 2.45) is 11.8 Å². The molecule has 4 rings (SSSR count). The lowest BCUT2D eigenvalue weighted by Crippen LogP contribution is -2.46. The van der Waals surface area contributed by atoms with E-state index in [1.165, 1.54) is 11.1 Å². The van der Waals surface area contributed by atoms with Crippen molar-refractivity contribution in [3.63, 3.8) is 0 Å². The van der Waals surface area contributed by atoms with Crippen LogP contribution in [0.4, 0.5) is 0 Å². The summed E-state index contributed by atoms with van der Waals surface area (Å²) in [6.07, 6.45) is 3.71. The van der Waals surface area contributed by atoms with Crippen molar-refractivity contribution >= 4 is 11.8 Å². The summed E-state index contributed by atoms with van der Waals surface area (Å²) in [6, 6.07) is 9.39. The standard InChI is InChI=1S/C24H35N3O2/c1-4-7-23(29)27-15-19-14-26(20-10-12-25(13-11-20)18(3)28)16-22(19)24(27)21-9-6-5-8-17(21)2/h5-6,8-9,19-20,22,24H,4,7,10-16H2,1-3H3/t19-,22-,24+/m0/s1. The Kier molecular flexibility index (Phi) is 5.95. The predicted molar refractivity (Wildman–Crippen MR) is 114 cm³/mol. The first-order valence-corrected chi connectivity index (χ1v) is 11.3. The Hall–Kier alpha value is -1.88. The summed E-state index contributed by atoms with van der Waals surface area (Å²) in [5.41, 5.74) is 2.62. The zero-order valence-electron chi connectivity index (χ0n) is 18.1. The number of amides is 2. The van der Waals surface area contributed by atoms with Crippen molar-refractivity contribution in [2.45, 2.75) is 58.5 Å². The maximum atomic E-state index is 12.9. The lowest BCUT2D eigenvalue weighted by molar-refractivity contribution is -0.132. The van der Waals surface area contributed by atoms with E-state index in [1.54, 1.807) is 6.92 Å². The number of hydrogen-bond acceptors (Lipinski definition) is 3. The third-order valence-electron chi connectivity index (χ3n) is 7.41. The SMILES string of the molecule is CCCC(=O)N1C[C@@H]2CN(C3CCN(C(C)=O)CC3)C[C@@H]2[C@H]1c1ccccc1C. The third kappa shape index (κ3) is 3.94. The minimum absolute atomic E-state index is 0.200. The largest absolute Gasteiger partial charge is 0.343 e. The average molecular weight is 398 g/mol. The van der Waals surface area contributed by atoms with E-state index in [1.807, 2.05) is 4.90 Å².